The van der Waals surface area contributed by atoms with E-state index in [1.807, 2.05) is 84.9 Å². The van der Waals surface area contributed by atoms with Gasteiger partial charge in [0.05, 0.1) is 0 Å². The molecule has 0 bridgehead atoms. The van der Waals surface area contributed by atoms with E-state index < -0.39 is 23.9 Å². The zero-order valence-corrected chi connectivity index (χ0v) is 17.6. The molecule has 0 spiro atoms. The molecule has 32 heavy (non-hydrogen) atoms. The standard InChI is InChI=1S/C27H25NO4/c28-24(16-8-11-18-9-2-1-3-10-18)25(26(29)30)27(31)32-17-23-21-14-6-4-12-19(21)20-13-5-7-15-22(20)23/h1-15,23-25H,16-17,28H2,(H,29,30)/b11-8+/t24?,25-/m0/s1. The molecule has 0 fully saturated rings. The van der Waals surface area contributed by atoms with Crippen LogP contribution in [0, 0.1) is 5.92 Å². The van der Waals surface area contributed by atoms with Crippen LogP contribution < -0.4 is 5.73 Å². The fourth-order valence-corrected chi connectivity index (χ4v) is 4.21. The molecule has 162 valence electrons. The maximum Gasteiger partial charge on any atom is 0.321 e. The van der Waals surface area contributed by atoms with Gasteiger partial charge in [-0.15, -0.1) is 0 Å². The molecule has 0 heterocycles. The van der Waals surface area contributed by atoms with Crippen molar-refractivity contribution in [3.05, 3.63) is 102 Å². The van der Waals surface area contributed by atoms with Crippen molar-refractivity contribution in [2.24, 2.45) is 11.7 Å². The van der Waals surface area contributed by atoms with Crippen LogP contribution >= 0.6 is 0 Å². The van der Waals surface area contributed by atoms with Crippen LogP contribution in [0.25, 0.3) is 17.2 Å². The molecule has 0 saturated carbocycles. The van der Waals surface area contributed by atoms with Gasteiger partial charge in [-0.25, -0.2) is 0 Å². The molecule has 3 N–H and O–H groups in total. The van der Waals surface area contributed by atoms with Gasteiger partial charge in [-0.05, 0) is 34.2 Å². The summed E-state index contributed by atoms with van der Waals surface area (Å²) >= 11 is 0. The number of benzene rings is 3. The van der Waals surface area contributed by atoms with Gasteiger partial charge in [0, 0.05) is 12.0 Å². The number of hydrogen-bond donors (Lipinski definition) is 2. The first-order valence-electron chi connectivity index (χ1n) is 10.6. The van der Waals surface area contributed by atoms with Crippen LogP contribution in [0.5, 0.6) is 0 Å². The minimum atomic E-state index is -1.43. The Hall–Kier alpha value is -3.70. The van der Waals surface area contributed by atoms with Crippen LogP contribution in [-0.2, 0) is 14.3 Å². The fraction of sp³-hybridized carbons (Fsp3) is 0.185. The third kappa shape index (κ3) is 4.48. The molecule has 5 nitrogen and oxygen atoms in total. The van der Waals surface area contributed by atoms with Crippen molar-refractivity contribution in [2.75, 3.05) is 6.61 Å². The van der Waals surface area contributed by atoms with Gasteiger partial charge in [-0.1, -0.05) is 91.0 Å². The minimum Gasteiger partial charge on any atom is -0.481 e. The second-order valence-electron chi connectivity index (χ2n) is 7.89. The van der Waals surface area contributed by atoms with Crippen molar-refractivity contribution >= 4 is 18.0 Å². The van der Waals surface area contributed by atoms with Gasteiger partial charge in [-0.2, -0.15) is 0 Å². The van der Waals surface area contributed by atoms with E-state index in [9.17, 15) is 14.7 Å². The second kappa shape index (κ2) is 9.62. The first kappa shape index (κ1) is 21.5. The molecule has 0 aromatic heterocycles. The zero-order chi connectivity index (χ0) is 22.5. The number of hydrogen-bond acceptors (Lipinski definition) is 4. The third-order valence-electron chi connectivity index (χ3n) is 5.82. The molecule has 0 radical (unpaired) electrons. The summed E-state index contributed by atoms with van der Waals surface area (Å²) in [5.41, 5.74) is 11.4. The van der Waals surface area contributed by atoms with E-state index in [0.29, 0.717) is 0 Å². The third-order valence-corrected chi connectivity index (χ3v) is 5.82. The Kier molecular flexibility index (Phi) is 6.47. The van der Waals surface area contributed by atoms with Gasteiger partial charge in [0.1, 0.15) is 6.61 Å². The number of carbonyl (C=O) groups excluding carboxylic acids is 1. The van der Waals surface area contributed by atoms with Gasteiger partial charge in [0.25, 0.3) is 0 Å². The molecule has 3 aromatic carbocycles. The Morgan fingerprint density at radius 1 is 0.906 bits per heavy atom. The number of ether oxygens (including phenoxy) is 1. The lowest BCUT2D eigenvalue weighted by molar-refractivity contribution is -0.159. The first-order valence-corrected chi connectivity index (χ1v) is 10.6. The van der Waals surface area contributed by atoms with Crippen molar-refractivity contribution in [1.29, 1.82) is 0 Å². The number of fused-ring (bicyclic) bond motifs is 3. The van der Waals surface area contributed by atoms with E-state index in [-0.39, 0.29) is 18.9 Å². The Balaban J connectivity index is 1.44. The molecule has 0 saturated heterocycles. The summed E-state index contributed by atoms with van der Waals surface area (Å²) in [5, 5.41) is 9.63. The molecule has 3 aromatic rings. The van der Waals surface area contributed by atoms with Gasteiger partial charge < -0.3 is 15.6 Å². The lowest BCUT2D eigenvalue weighted by Gasteiger charge is -2.20. The van der Waals surface area contributed by atoms with Crippen molar-refractivity contribution in [2.45, 2.75) is 18.4 Å². The van der Waals surface area contributed by atoms with E-state index >= 15 is 0 Å². The van der Waals surface area contributed by atoms with Crippen molar-refractivity contribution in [3.8, 4) is 11.1 Å². The molecule has 2 atom stereocenters. The van der Waals surface area contributed by atoms with E-state index in [1.165, 1.54) is 0 Å². The largest absolute Gasteiger partial charge is 0.481 e. The molecule has 4 rings (SSSR count). The van der Waals surface area contributed by atoms with Gasteiger partial charge >= 0.3 is 11.9 Å². The van der Waals surface area contributed by atoms with Crippen LogP contribution in [0.1, 0.15) is 29.0 Å². The SMILES string of the molecule is NC(C/C=C/c1ccccc1)[C@@H](C(=O)O)C(=O)OCC1c2ccccc2-c2ccccc21. The lowest BCUT2D eigenvalue weighted by atomic mass is 9.96. The molecular weight excluding hydrogens is 402 g/mol. The predicted molar refractivity (Wildman–Crippen MR) is 124 cm³/mol. The number of carbonyl (C=O) groups is 2. The molecule has 1 unspecified atom stereocenters. The second-order valence-corrected chi connectivity index (χ2v) is 7.89. The highest BCUT2D eigenvalue weighted by atomic mass is 16.5. The molecule has 5 heteroatoms. The Bertz CT molecular complexity index is 1090. The van der Waals surface area contributed by atoms with Crippen LogP contribution in [-0.4, -0.2) is 29.7 Å². The van der Waals surface area contributed by atoms with Gasteiger partial charge in [0.15, 0.2) is 5.92 Å². The highest BCUT2D eigenvalue weighted by Gasteiger charge is 2.35. The predicted octanol–water partition coefficient (Wildman–Crippen LogP) is 4.47. The number of carboxylic acid groups (broad SMARTS) is 1. The molecular formula is C27H25NO4. The average Bonchev–Trinajstić information content (AvgIpc) is 3.12. The van der Waals surface area contributed by atoms with Crippen LogP contribution in [0.15, 0.2) is 84.9 Å². The summed E-state index contributed by atoms with van der Waals surface area (Å²) in [6.07, 6.45) is 3.89. The van der Waals surface area contributed by atoms with Gasteiger partial charge in [0.2, 0.25) is 0 Å². The summed E-state index contributed by atoms with van der Waals surface area (Å²) in [7, 11) is 0. The Morgan fingerprint density at radius 2 is 1.47 bits per heavy atom. The lowest BCUT2D eigenvalue weighted by Crippen LogP contribution is -2.41. The summed E-state index contributed by atoms with van der Waals surface area (Å²) in [4.78, 5) is 24.5. The Morgan fingerprint density at radius 3 is 2.06 bits per heavy atom. The zero-order valence-electron chi connectivity index (χ0n) is 17.6. The molecule has 1 aliphatic rings. The maximum atomic E-state index is 12.7. The number of carboxylic acids is 1. The smallest absolute Gasteiger partial charge is 0.321 e. The highest BCUT2D eigenvalue weighted by Crippen LogP contribution is 2.44. The highest BCUT2D eigenvalue weighted by molar-refractivity contribution is 5.95. The van der Waals surface area contributed by atoms with Crippen LogP contribution in [0.3, 0.4) is 0 Å². The summed E-state index contributed by atoms with van der Waals surface area (Å²) in [5.74, 6) is -3.64. The van der Waals surface area contributed by atoms with Crippen molar-refractivity contribution in [3.63, 3.8) is 0 Å². The van der Waals surface area contributed by atoms with E-state index in [0.717, 1.165) is 27.8 Å². The van der Waals surface area contributed by atoms with E-state index in [2.05, 4.69) is 0 Å². The fourth-order valence-electron chi connectivity index (χ4n) is 4.21. The van der Waals surface area contributed by atoms with Gasteiger partial charge in [-0.3, -0.25) is 9.59 Å². The quantitative estimate of drug-likeness (QED) is 0.409. The number of aliphatic carboxylic acids is 1. The monoisotopic (exact) mass is 427 g/mol. The van der Waals surface area contributed by atoms with Crippen molar-refractivity contribution < 1.29 is 19.4 Å². The molecule has 0 aliphatic heterocycles. The Labute approximate surface area is 187 Å². The number of rotatable bonds is 8. The minimum absolute atomic E-state index is 0.0726. The van der Waals surface area contributed by atoms with Crippen molar-refractivity contribution in [1.82, 2.24) is 0 Å². The average molecular weight is 428 g/mol. The van der Waals surface area contributed by atoms with E-state index in [4.69, 9.17) is 10.5 Å². The molecule has 0 amide bonds. The van der Waals surface area contributed by atoms with Crippen LogP contribution in [0.2, 0.25) is 0 Å². The summed E-state index contributed by atoms with van der Waals surface area (Å²) in [6.45, 7) is 0.0726. The first-order chi connectivity index (χ1) is 15.6. The molecule has 1 aliphatic carbocycles. The summed E-state index contributed by atoms with van der Waals surface area (Å²) in [6, 6.07) is 24.7. The topological polar surface area (TPSA) is 89.6 Å². The maximum absolute atomic E-state index is 12.7. The number of nitrogens with two attached hydrogens (primary N) is 1. The van der Waals surface area contributed by atoms with E-state index in [1.54, 1.807) is 6.08 Å². The van der Waals surface area contributed by atoms with Crippen LogP contribution in [0.4, 0.5) is 0 Å². The normalized spacial score (nSPS) is 14.5. The number of esters is 1. The summed E-state index contributed by atoms with van der Waals surface area (Å²) < 4.78 is 5.53.